The second-order valence-electron chi connectivity index (χ2n) is 12.0. The topological polar surface area (TPSA) is 69.7 Å². The minimum atomic E-state index is -0.221. The van der Waals surface area contributed by atoms with Gasteiger partial charge in [0.2, 0.25) is 0 Å². The molecule has 4 aliphatic carbocycles. The smallest absolute Gasteiger partial charge is 0.305 e. The molecular formula is C27H41BrO5. The van der Waals surface area contributed by atoms with Crippen molar-refractivity contribution < 1.29 is 23.9 Å². The number of hydrogen-bond acceptors (Lipinski definition) is 5. The summed E-state index contributed by atoms with van der Waals surface area (Å²) in [6.07, 6.45) is 8.53. The molecule has 0 heterocycles. The number of esters is 2. The van der Waals surface area contributed by atoms with E-state index in [1.807, 2.05) is 0 Å². The Bertz CT molecular complexity index is 797. The maximum absolute atomic E-state index is 13.9. The van der Waals surface area contributed by atoms with Gasteiger partial charge >= 0.3 is 11.9 Å². The fourth-order valence-electron chi connectivity index (χ4n) is 8.87. The number of fused-ring (bicyclic) bond motifs is 5. The summed E-state index contributed by atoms with van der Waals surface area (Å²) in [5.74, 6) is 2.26. The van der Waals surface area contributed by atoms with E-state index < -0.39 is 0 Å². The Morgan fingerprint density at radius 2 is 1.73 bits per heavy atom. The van der Waals surface area contributed by atoms with Gasteiger partial charge in [-0.3, -0.25) is 14.4 Å². The number of halogens is 1. The molecule has 10 atom stereocenters. The van der Waals surface area contributed by atoms with E-state index in [0.29, 0.717) is 35.9 Å². The van der Waals surface area contributed by atoms with E-state index in [2.05, 4.69) is 36.7 Å². The van der Waals surface area contributed by atoms with Gasteiger partial charge in [0, 0.05) is 19.3 Å². The van der Waals surface area contributed by atoms with Crippen molar-refractivity contribution in [3.05, 3.63) is 0 Å². The molecule has 0 unspecified atom stereocenters. The molecule has 33 heavy (non-hydrogen) atoms. The summed E-state index contributed by atoms with van der Waals surface area (Å²) in [5.41, 5.74) is 0.274. The maximum Gasteiger partial charge on any atom is 0.305 e. The molecule has 4 fully saturated rings. The molecule has 0 amide bonds. The van der Waals surface area contributed by atoms with Gasteiger partial charge in [-0.25, -0.2) is 0 Å². The van der Waals surface area contributed by atoms with Crippen molar-refractivity contribution in [2.45, 2.75) is 96.4 Å². The average molecular weight is 526 g/mol. The third-order valence-corrected chi connectivity index (χ3v) is 11.7. The van der Waals surface area contributed by atoms with Crippen LogP contribution in [0.1, 0.15) is 85.5 Å². The van der Waals surface area contributed by atoms with Crippen molar-refractivity contribution in [3.8, 4) is 0 Å². The van der Waals surface area contributed by atoms with Gasteiger partial charge in [-0.05, 0) is 91.8 Å². The summed E-state index contributed by atoms with van der Waals surface area (Å²) >= 11 is 3.85. The van der Waals surface area contributed by atoms with E-state index in [9.17, 15) is 14.4 Å². The normalized spacial score (nSPS) is 45.4. The van der Waals surface area contributed by atoms with Gasteiger partial charge in [0.1, 0.15) is 11.9 Å². The van der Waals surface area contributed by atoms with Crippen molar-refractivity contribution in [3.63, 3.8) is 0 Å². The highest BCUT2D eigenvalue weighted by Gasteiger charge is 2.65. The van der Waals surface area contributed by atoms with Gasteiger partial charge in [0.05, 0.1) is 11.9 Å². The average Bonchev–Trinajstić information content (AvgIpc) is 3.13. The summed E-state index contributed by atoms with van der Waals surface area (Å²) in [4.78, 5) is 37.0. The Kier molecular flexibility index (Phi) is 7.08. The number of hydrogen-bond donors (Lipinski definition) is 0. The molecule has 186 valence electrons. The van der Waals surface area contributed by atoms with Crippen molar-refractivity contribution >= 4 is 33.7 Å². The minimum Gasteiger partial charge on any atom is -0.469 e. The summed E-state index contributed by atoms with van der Waals surface area (Å²) in [6, 6.07) is 0. The van der Waals surface area contributed by atoms with Crippen LogP contribution in [-0.2, 0) is 23.9 Å². The lowest BCUT2D eigenvalue weighted by atomic mass is 9.44. The minimum absolute atomic E-state index is 0.0645. The lowest BCUT2D eigenvalue weighted by Crippen LogP contribution is -2.61. The Morgan fingerprint density at radius 1 is 1.06 bits per heavy atom. The largest absolute Gasteiger partial charge is 0.469 e. The SMILES string of the molecule is COC(=O)CC[C@@H](C)[C@H]1CC[C@H]2[C@@H]3C(=O)[C@H](Br)[C@@H]4C[C@H](OC(C)=O)CC[C@]4(C)[C@H]3CC[C@]12C. The number of Topliss-reactive ketones (excluding diaryl/α,β-unsaturated/α-hetero) is 1. The van der Waals surface area contributed by atoms with Crippen LogP contribution in [0.5, 0.6) is 0 Å². The molecule has 0 aromatic carbocycles. The van der Waals surface area contributed by atoms with Crippen LogP contribution in [0, 0.1) is 46.3 Å². The second kappa shape index (κ2) is 9.28. The number of carbonyl (C=O) groups excluding carboxylic acids is 3. The number of ketones is 1. The van der Waals surface area contributed by atoms with Gasteiger partial charge in [-0.15, -0.1) is 0 Å². The van der Waals surface area contributed by atoms with Crippen LogP contribution in [0.2, 0.25) is 0 Å². The van der Waals surface area contributed by atoms with Gasteiger partial charge in [-0.1, -0.05) is 36.7 Å². The number of alkyl halides is 1. The van der Waals surface area contributed by atoms with E-state index in [0.717, 1.165) is 44.9 Å². The molecule has 0 aliphatic heterocycles. The third kappa shape index (κ3) is 4.21. The van der Waals surface area contributed by atoms with E-state index >= 15 is 0 Å². The molecular weight excluding hydrogens is 484 g/mol. The lowest BCUT2D eigenvalue weighted by Gasteiger charge is -2.61. The molecule has 4 aliphatic rings. The predicted octanol–water partition coefficient (Wildman–Crippen LogP) is 5.72. The van der Waals surface area contributed by atoms with E-state index in [1.165, 1.54) is 20.5 Å². The zero-order chi connectivity index (χ0) is 24.1. The molecule has 0 bridgehead atoms. The number of ether oxygens (including phenoxy) is 2. The second-order valence-corrected chi connectivity index (χ2v) is 13.0. The van der Waals surface area contributed by atoms with Crippen LogP contribution in [0.4, 0.5) is 0 Å². The Morgan fingerprint density at radius 3 is 2.39 bits per heavy atom. The number of carbonyl (C=O) groups is 3. The van der Waals surface area contributed by atoms with Gasteiger partial charge in [0.15, 0.2) is 0 Å². The highest BCUT2D eigenvalue weighted by Crippen LogP contribution is 2.68. The van der Waals surface area contributed by atoms with E-state index in [1.54, 1.807) is 0 Å². The molecule has 0 aromatic rings. The summed E-state index contributed by atoms with van der Waals surface area (Å²) in [6.45, 7) is 8.61. The van der Waals surface area contributed by atoms with E-state index in [4.69, 9.17) is 9.47 Å². The third-order valence-electron chi connectivity index (χ3n) is 10.6. The summed E-state index contributed by atoms with van der Waals surface area (Å²) in [5, 5.41) is 0. The van der Waals surface area contributed by atoms with Crippen molar-refractivity contribution in [1.29, 1.82) is 0 Å². The predicted molar refractivity (Wildman–Crippen MR) is 130 cm³/mol. The van der Waals surface area contributed by atoms with Crippen LogP contribution in [0.15, 0.2) is 0 Å². The number of rotatable bonds is 5. The zero-order valence-corrected chi connectivity index (χ0v) is 22.5. The quantitative estimate of drug-likeness (QED) is 0.339. The van der Waals surface area contributed by atoms with Crippen LogP contribution in [0.3, 0.4) is 0 Å². The molecule has 0 saturated heterocycles. The summed E-state index contributed by atoms with van der Waals surface area (Å²) in [7, 11) is 1.46. The molecule has 0 aromatic heterocycles. The van der Waals surface area contributed by atoms with Crippen molar-refractivity contribution in [1.82, 2.24) is 0 Å². The first-order valence-electron chi connectivity index (χ1n) is 12.9. The fraction of sp³-hybridized carbons (Fsp3) is 0.889. The van der Waals surface area contributed by atoms with Gasteiger partial charge in [0.25, 0.3) is 0 Å². The standard InChI is InChI=1S/C27H41BrO5/c1-15(6-9-22(30)32-5)18-7-8-19-23-20(11-13-26(18,19)3)27(4)12-10-17(33-16(2)29)14-21(27)24(28)25(23)31/h15,17-21,23-24H,6-14H2,1-5H3/t15-,17-,18-,19+,20+,21+,23+,24-,26-,27-/m1/s1. The Labute approximate surface area is 207 Å². The van der Waals surface area contributed by atoms with E-state index in [-0.39, 0.29) is 45.5 Å². The van der Waals surface area contributed by atoms with Crippen LogP contribution in [-0.4, -0.2) is 35.8 Å². The van der Waals surface area contributed by atoms with Crippen molar-refractivity contribution in [2.75, 3.05) is 7.11 Å². The summed E-state index contributed by atoms with van der Waals surface area (Å²) < 4.78 is 10.4. The number of methoxy groups -OCH3 is 1. The molecule has 0 N–H and O–H groups in total. The van der Waals surface area contributed by atoms with Gasteiger partial charge in [-0.2, -0.15) is 0 Å². The molecule has 6 heteroatoms. The fourth-order valence-corrected chi connectivity index (χ4v) is 9.99. The maximum atomic E-state index is 13.9. The van der Waals surface area contributed by atoms with Crippen LogP contribution in [0.25, 0.3) is 0 Å². The highest BCUT2D eigenvalue weighted by atomic mass is 79.9. The first-order valence-corrected chi connectivity index (χ1v) is 13.9. The molecule has 4 rings (SSSR count). The zero-order valence-electron chi connectivity index (χ0n) is 20.9. The Balaban J connectivity index is 1.54. The lowest BCUT2D eigenvalue weighted by molar-refractivity contribution is -0.166. The van der Waals surface area contributed by atoms with Crippen LogP contribution >= 0.6 is 15.9 Å². The highest BCUT2D eigenvalue weighted by molar-refractivity contribution is 9.10. The molecule has 0 spiro atoms. The van der Waals surface area contributed by atoms with Gasteiger partial charge < -0.3 is 9.47 Å². The molecule has 0 radical (unpaired) electrons. The Hall–Kier alpha value is -0.910. The molecule has 4 saturated carbocycles. The van der Waals surface area contributed by atoms with Crippen LogP contribution < -0.4 is 0 Å². The first kappa shape index (κ1) is 25.2. The molecule has 5 nitrogen and oxygen atoms in total. The first-order chi connectivity index (χ1) is 15.5. The monoisotopic (exact) mass is 524 g/mol. The van der Waals surface area contributed by atoms with Crippen molar-refractivity contribution in [2.24, 2.45) is 46.3 Å².